The van der Waals surface area contributed by atoms with Crippen molar-refractivity contribution in [3.63, 3.8) is 0 Å². The Hall–Kier alpha value is -4.04. The number of hydrogen-bond donors (Lipinski definition) is 4. The van der Waals surface area contributed by atoms with E-state index in [4.69, 9.17) is 26.8 Å². The zero-order chi connectivity index (χ0) is 24.9. The van der Waals surface area contributed by atoms with Crippen LogP contribution in [-0.2, 0) is 12.4 Å². The normalized spacial score (nSPS) is 11.1. The van der Waals surface area contributed by atoms with Crippen molar-refractivity contribution in [3.05, 3.63) is 68.8 Å². The molecule has 0 heterocycles. The summed E-state index contributed by atoms with van der Waals surface area (Å²) < 4.78 is 77.4. The molecule has 6 N–H and O–H groups in total. The first-order valence-electron chi connectivity index (χ1n) is 8.15. The second kappa shape index (κ2) is 9.84. The molecule has 0 aromatic heterocycles. The molecule has 0 aliphatic heterocycles. The van der Waals surface area contributed by atoms with E-state index in [-0.39, 0.29) is 23.4 Å². The van der Waals surface area contributed by atoms with Crippen LogP contribution in [0.2, 0.25) is 0 Å². The Kier molecular flexibility index (Phi) is 8.00. The van der Waals surface area contributed by atoms with E-state index in [0.29, 0.717) is 17.7 Å². The molecular formula is C17H15F6N5O4. The molecule has 2 aromatic rings. The summed E-state index contributed by atoms with van der Waals surface area (Å²) in [5, 5.41) is 15.9. The quantitative estimate of drug-likeness (QED) is 0.177. The summed E-state index contributed by atoms with van der Waals surface area (Å²) in [7, 11) is 0. The summed E-state index contributed by atoms with van der Waals surface area (Å²) in [6.07, 6.45) is -10.1. The van der Waals surface area contributed by atoms with Gasteiger partial charge in [-0.2, -0.15) is 26.3 Å². The Labute approximate surface area is 175 Å². The van der Waals surface area contributed by atoms with Gasteiger partial charge in [-0.1, -0.05) is 6.07 Å². The van der Waals surface area contributed by atoms with Gasteiger partial charge >= 0.3 is 12.4 Å². The molecule has 0 radical (unpaired) electrons. The minimum atomic E-state index is -5.05. The van der Waals surface area contributed by atoms with Crippen LogP contribution < -0.4 is 16.8 Å². The lowest BCUT2D eigenvalue weighted by Gasteiger charge is -2.14. The molecule has 2 rings (SSSR count). The van der Waals surface area contributed by atoms with E-state index < -0.39 is 40.0 Å². The molecule has 32 heavy (non-hydrogen) atoms. The highest BCUT2D eigenvalue weighted by atomic mass is 19.4. The lowest BCUT2D eigenvalue weighted by molar-refractivity contribution is -0.742. The van der Waals surface area contributed by atoms with Gasteiger partial charge in [-0.05, 0) is 42.8 Å². The van der Waals surface area contributed by atoms with Crippen LogP contribution in [0, 0.1) is 17.0 Å². The van der Waals surface area contributed by atoms with Gasteiger partial charge in [-0.15, -0.1) is 10.1 Å². The monoisotopic (exact) mass is 467 g/mol. The molecule has 1 amide bonds. The zero-order valence-electron chi connectivity index (χ0n) is 16.0. The average Bonchev–Trinajstić information content (AvgIpc) is 2.61. The number of alkyl halides is 6. The fourth-order valence-corrected chi connectivity index (χ4v) is 2.24. The van der Waals surface area contributed by atoms with E-state index in [2.05, 4.69) is 10.3 Å². The Morgan fingerprint density at radius 3 is 1.91 bits per heavy atom. The summed E-state index contributed by atoms with van der Waals surface area (Å²) in [5.41, 5.74) is 7.57. The SMILES string of the molecule is Cc1ccc(NC(=O)c2cc(C(F)(F)F)cc(C(F)(F)F)c2)cc1N=C(N)N.O=[N+]([O-])O. The van der Waals surface area contributed by atoms with Crippen molar-refractivity contribution < 1.29 is 41.4 Å². The van der Waals surface area contributed by atoms with E-state index in [1.807, 2.05) is 0 Å². The largest absolute Gasteiger partial charge is 0.416 e. The van der Waals surface area contributed by atoms with Gasteiger partial charge in [-0.25, -0.2) is 4.99 Å². The van der Waals surface area contributed by atoms with Gasteiger partial charge in [0.05, 0.1) is 16.8 Å². The molecule has 174 valence electrons. The molecular weight excluding hydrogens is 452 g/mol. The van der Waals surface area contributed by atoms with Crippen molar-refractivity contribution in [1.29, 1.82) is 0 Å². The fourth-order valence-electron chi connectivity index (χ4n) is 2.24. The third-order valence-electron chi connectivity index (χ3n) is 3.57. The summed E-state index contributed by atoms with van der Waals surface area (Å²) in [6.45, 7) is 1.66. The number of carbonyl (C=O) groups is 1. The number of rotatable bonds is 3. The number of nitrogens with one attached hydrogen (secondary N) is 1. The number of nitrogens with two attached hydrogens (primary N) is 2. The van der Waals surface area contributed by atoms with Crippen molar-refractivity contribution in [1.82, 2.24) is 0 Å². The van der Waals surface area contributed by atoms with Crippen molar-refractivity contribution in [2.45, 2.75) is 19.3 Å². The number of anilines is 1. The first-order valence-corrected chi connectivity index (χ1v) is 8.15. The van der Waals surface area contributed by atoms with Crippen LogP contribution >= 0.6 is 0 Å². The van der Waals surface area contributed by atoms with Crippen LogP contribution in [0.5, 0.6) is 0 Å². The molecule has 2 aromatic carbocycles. The van der Waals surface area contributed by atoms with E-state index in [0.717, 1.165) is 0 Å². The Morgan fingerprint density at radius 1 is 1.03 bits per heavy atom. The van der Waals surface area contributed by atoms with Crippen LogP contribution in [0.1, 0.15) is 27.0 Å². The van der Waals surface area contributed by atoms with Gasteiger partial charge in [0, 0.05) is 11.3 Å². The predicted octanol–water partition coefficient (Wildman–Crippen LogP) is 3.84. The number of hydrogen-bond acceptors (Lipinski definition) is 4. The van der Waals surface area contributed by atoms with E-state index in [1.54, 1.807) is 6.92 Å². The Morgan fingerprint density at radius 2 is 1.50 bits per heavy atom. The predicted molar refractivity (Wildman–Crippen MR) is 99.8 cm³/mol. The minimum absolute atomic E-state index is 0.0560. The van der Waals surface area contributed by atoms with Crippen LogP contribution in [0.3, 0.4) is 0 Å². The molecule has 9 nitrogen and oxygen atoms in total. The number of nitrogens with zero attached hydrogens (tertiary/aromatic N) is 2. The lowest BCUT2D eigenvalue weighted by Crippen LogP contribution is -2.22. The van der Waals surface area contributed by atoms with Gasteiger partial charge in [0.25, 0.3) is 11.0 Å². The number of carbonyl (C=O) groups excluding carboxylic acids is 1. The smallest absolute Gasteiger partial charge is 0.370 e. The van der Waals surface area contributed by atoms with Crippen LogP contribution in [0.15, 0.2) is 41.4 Å². The Balaban J connectivity index is 0.00000118. The summed E-state index contributed by atoms with van der Waals surface area (Å²) in [6, 6.07) is 4.87. The average molecular weight is 467 g/mol. The summed E-state index contributed by atoms with van der Waals surface area (Å²) in [5.74, 6) is -1.42. The number of aryl methyl sites for hydroxylation is 1. The highest BCUT2D eigenvalue weighted by Gasteiger charge is 2.37. The molecule has 0 atom stereocenters. The van der Waals surface area contributed by atoms with Crippen LogP contribution in [0.25, 0.3) is 0 Å². The zero-order valence-corrected chi connectivity index (χ0v) is 16.0. The van der Waals surface area contributed by atoms with Crippen molar-refractivity contribution in [3.8, 4) is 0 Å². The molecule has 0 aliphatic rings. The first-order chi connectivity index (χ1) is 14.5. The molecule has 0 bridgehead atoms. The van der Waals surface area contributed by atoms with E-state index in [9.17, 15) is 31.1 Å². The second-order valence-corrected chi connectivity index (χ2v) is 6.02. The number of benzene rings is 2. The van der Waals surface area contributed by atoms with Gasteiger partial charge in [0.1, 0.15) is 0 Å². The molecule has 15 heteroatoms. The van der Waals surface area contributed by atoms with Gasteiger partial charge in [0.15, 0.2) is 5.96 Å². The maximum Gasteiger partial charge on any atom is 0.416 e. The fraction of sp³-hybridized carbons (Fsp3) is 0.176. The van der Waals surface area contributed by atoms with Gasteiger partial charge in [0.2, 0.25) is 0 Å². The third kappa shape index (κ3) is 8.00. The molecule has 0 unspecified atom stereocenters. The van der Waals surface area contributed by atoms with Crippen LogP contribution in [-0.4, -0.2) is 22.2 Å². The highest BCUT2D eigenvalue weighted by Crippen LogP contribution is 2.36. The molecule has 0 saturated heterocycles. The van der Waals surface area contributed by atoms with Crippen molar-refractivity contribution in [2.75, 3.05) is 5.32 Å². The molecule has 0 aliphatic carbocycles. The van der Waals surface area contributed by atoms with Crippen molar-refractivity contribution >= 4 is 23.2 Å². The molecule has 0 fully saturated rings. The second-order valence-electron chi connectivity index (χ2n) is 6.02. The van der Waals surface area contributed by atoms with E-state index >= 15 is 0 Å². The number of aliphatic imine (C=N–C) groups is 1. The third-order valence-corrected chi connectivity index (χ3v) is 3.57. The Bertz CT molecular complexity index is 997. The number of halogens is 6. The van der Waals surface area contributed by atoms with Gasteiger partial charge in [-0.3, -0.25) is 4.79 Å². The maximum absolute atomic E-state index is 12.9. The van der Waals surface area contributed by atoms with Crippen molar-refractivity contribution in [2.24, 2.45) is 16.5 Å². The standard InChI is InChI=1S/C17H14F6N4O.HNO3/c1-8-2-3-12(7-13(8)27-15(24)25)26-14(28)9-4-10(16(18,19)20)6-11(5-9)17(21,22)23;2-1(3)4/h2-7H,1H3,(H,26,28)(H4,24,25,27);(H,2,3,4). The number of guanidine groups is 1. The van der Waals surface area contributed by atoms with E-state index in [1.165, 1.54) is 18.2 Å². The molecule has 0 saturated carbocycles. The molecule has 0 spiro atoms. The topological polar surface area (TPSA) is 157 Å². The minimum Gasteiger partial charge on any atom is -0.370 e. The summed E-state index contributed by atoms with van der Waals surface area (Å²) in [4.78, 5) is 24.4. The van der Waals surface area contributed by atoms with Crippen LogP contribution in [0.4, 0.5) is 37.7 Å². The number of amides is 1. The summed E-state index contributed by atoms with van der Waals surface area (Å²) >= 11 is 0. The first kappa shape index (κ1) is 26.0. The highest BCUT2D eigenvalue weighted by molar-refractivity contribution is 6.04. The lowest BCUT2D eigenvalue weighted by atomic mass is 10.0. The van der Waals surface area contributed by atoms with Gasteiger partial charge < -0.3 is 22.0 Å². The maximum atomic E-state index is 12.9.